The summed E-state index contributed by atoms with van der Waals surface area (Å²) in [5.41, 5.74) is 3.04. The van der Waals surface area contributed by atoms with Crippen molar-refractivity contribution in [2.45, 2.75) is 13.3 Å². The number of aryl methyl sites for hydroxylation is 1. The van der Waals surface area contributed by atoms with E-state index in [4.69, 9.17) is 0 Å². The number of benzene rings is 1. The molecule has 0 unspecified atom stereocenters. The van der Waals surface area contributed by atoms with Crippen LogP contribution in [0.4, 0.5) is 11.5 Å². The van der Waals surface area contributed by atoms with E-state index >= 15 is 0 Å². The lowest BCUT2D eigenvalue weighted by Crippen LogP contribution is -2.22. The monoisotopic (exact) mass is 224 g/mol. The Bertz CT molecular complexity index is 592. The van der Waals surface area contributed by atoms with E-state index < -0.39 is 0 Å². The first-order valence-electron chi connectivity index (χ1n) is 5.60. The number of amides is 1. The number of hydrogen-bond donors (Lipinski definition) is 0. The second kappa shape index (κ2) is 3.70. The van der Waals surface area contributed by atoms with Gasteiger partial charge in [-0.1, -0.05) is 24.3 Å². The van der Waals surface area contributed by atoms with Gasteiger partial charge in [-0.25, -0.2) is 4.98 Å². The second-order valence-electron chi connectivity index (χ2n) is 4.18. The van der Waals surface area contributed by atoms with Crippen LogP contribution < -0.4 is 4.90 Å². The highest BCUT2D eigenvalue weighted by Gasteiger charge is 2.29. The Hall–Kier alpha value is -2.16. The smallest absolute Gasteiger partial charge is 0.237 e. The van der Waals surface area contributed by atoms with Crippen LogP contribution in [0.3, 0.4) is 0 Å². The number of pyridine rings is 1. The van der Waals surface area contributed by atoms with Crippen LogP contribution >= 0.6 is 0 Å². The van der Waals surface area contributed by atoms with Gasteiger partial charge < -0.3 is 0 Å². The molecule has 0 spiro atoms. The third-order valence-corrected chi connectivity index (χ3v) is 3.02. The van der Waals surface area contributed by atoms with Crippen molar-refractivity contribution in [3.63, 3.8) is 0 Å². The summed E-state index contributed by atoms with van der Waals surface area (Å²) >= 11 is 0. The maximum Gasteiger partial charge on any atom is 0.237 e. The van der Waals surface area contributed by atoms with E-state index in [9.17, 15) is 4.79 Å². The predicted octanol–water partition coefficient (Wildman–Crippen LogP) is 2.61. The summed E-state index contributed by atoms with van der Waals surface area (Å²) in [6.07, 6.45) is 2.18. The molecule has 1 aromatic heterocycles. The highest BCUT2D eigenvalue weighted by atomic mass is 16.2. The van der Waals surface area contributed by atoms with Gasteiger partial charge in [0.2, 0.25) is 5.91 Å². The minimum Gasteiger partial charge on any atom is -0.274 e. The minimum absolute atomic E-state index is 0.0907. The standard InChI is InChI=1S/C14H12N2O/c1-10-5-4-8-15-14(10)16-12-7-3-2-6-11(12)9-13(16)17/h2-8H,9H2,1H3. The largest absolute Gasteiger partial charge is 0.274 e. The first-order chi connectivity index (χ1) is 8.27. The number of anilines is 2. The highest BCUT2D eigenvalue weighted by molar-refractivity contribution is 6.06. The van der Waals surface area contributed by atoms with Crippen molar-refractivity contribution in [3.05, 3.63) is 53.7 Å². The molecule has 0 atom stereocenters. The molecule has 17 heavy (non-hydrogen) atoms. The number of hydrogen-bond acceptors (Lipinski definition) is 2. The molecule has 84 valence electrons. The molecule has 0 saturated carbocycles. The van der Waals surface area contributed by atoms with Crippen LogP contribution in [0.15, 0.2) is 42.6 Å². The third-order valence-electron chi connectivity index (χ3n) is 3.02. The molecule has 0 bridgehead atoms. The van der Waals surface area contributed by atoms with Crippen molar-refractivity contribution in [3.8, 4) is 0 Å². The molecule has 2 heterocycles. The number of aromatic nitrogens is 1. The molecule has 0 N–H and O–H groups in total. The number of fused-ring (bicyclic) bond motifs is 1. The zero-order valence-electron chi connectivity index (χ0n) is 9.55. The molecule has 0 saturated heterocycles. The molecular formula is C14H12N2O. The maximum atomic E-state index is 12.1. The molecular weight excluding hydrogens is 212 g/mol. The van der Waals surface area contributed by atoms with Crippen LogP contribution in [-0.4, -0.2) is 10.9 Å². The molecule has 3 rings (SSSR count). The van der Waals surface area contributed by atoms with E-state index in [-0.39, 0.29) is 5.91 Å². The summed E-state index contributed by atoms with van der Waals surface area (Å²) in [6, 6.07) is 11.7. The van der Waals surface area contributed by atoms with Gasteiger partial charge >= 0.3 is 0 Å². The number of carbonyl (C=O) groups is 1. The Balaban J connectivity index is 2.16. The molecule has 0 aliphatic carbocycles. The fraction of sp³-hybridized carbons (Fsp3) is 0.143. The summed E-state index contributed by atoms with van der Waals surface area (Å²) in [6.45, 7) is 1.97. The van der Waals surface area contributed by atoms with Crippen molar-refractivity contribution < 1.29 is 4.79 Å². The second-order valence-corrected chi connectivity index (χ2v) is 4.18. The van der Waals surface area contributed by atoms with Crippen molar-refractivity contribution >= 4 is 17.4 Å². The van der Waals surface area contributed by atoms with E-state index in [1.807, 2.05) is 43.3 Å². The highest BCUT2D eigenvalue weighted by Crippen LogP contribution is 2.35. The zero-order valence-corrected chi connectivity index (χ0v) is 9.55. The predicted molar refractivity (Wildman–Crippen MR) is 66.3 cm³/mol. The molecule has 0 radical (unpaired) electrons. The van der Waals surface area contributed by atoms with E-state index in [1.165, 1.54) is 0 Å². The zero-order chi connectivity index (χ0) is 11.8. The topological polar surface area (TPSA) is 33.2 Å². The van der Waals surface area contributed by atoms with Gasteiger partial charge in [0.15, 0.2) is 0 Å². The molecule has 1 amide bonds. The van der Waals surface area contributed by atoms with Gasteiger partial charge in [-0.05, 0) is 30.2 Å². The molecule has 1 aromatic carbocycles. The molecule has 1 aliphatic rings. The van der Waals surface area contributed by atoms with Gasteiger partial charge in [0.1, 0.15) is 5.82 Å². The molecule has 3 nitrogen and oxygen atoms in total. The molecule has 3 heteroatoms. The van der Waals surface area contributed by atoms with Gasteiger partial charge in [-0.3, -0.25) is 9.69 Å². The van der Waals surface area contributed by atoms with Crippen molar-refractivity contribution in [2.75, 3.05) is 4.90 Å². The van der Waals surface area contributed by atoms with Crippen molar-refractivity contribution in [1.82, 2.24) is 4.98 Å². The van der Waals surface area contributed by atoms with E-state index in [1.54, 1.807) is 11.1 Å². The lowest BCUT2D eigenvalue weighted by molar-refractivity contribution is -0.116. The fourth-order valence-electron chi connectivity index (χ4n) is 2.20. The maximum absolute atomic E-state index is 12.1. The number of rotatable bonds is 1. The Morgan fingerprint density at radius 2 is 2.00 bits per heavy atom. The summed E-state index contributed by atoms with van der Waals surface area (Å²) in [7, 11) is 0. The van der Waals surface area contributed by atoms with Crippen LogP contribution in [0.25, 0.3) is 0 Å². The number of carbonyl (C=O) groups excluding carboxylic acids is 1. The Kier molecular flexibility index (Phi) is 2.18. The van der Waals surface area contributed by atoms with Gasteiger partial charge in [-0.2, -0.15) is 0 Å². The first-order valence-corrected chi connectivity index (χ1v) is 5.60. The minimum atomic E-state index is 0.0907. The van der Waals surface area contributed by atoms with Gasteiger partial charge in [-0.15, -0.1) is 0 Å². The average molecular weight is 224 g/mol. The van der Waals surface area contributed by atoms with E-state index in [0.29, 0.717) is 6.42 Å². The SMILES string of the molecule is Cc1cccnc1N1C(=O)Cc2ccccc21. The summed E-state index contributed by atoms with van der Waals surface area (Å²) in [4.78, 5) is 18.1. The molecule has 2 aromatic rings. The normalized spacial score (nSPS) is 13.9. The first kappa shape index (κ1) is 10.0. The van der Waals surface area contributed by atoms with Crippen LogP contribution in [0.1, 0.15) is 11.1 Å². The summed E-state index contributed by atoms with van der Waals surface area (Å²) in [5, 5.41) is 0. The Morgan fingerprint density at radius 1 is 1.18 bits per heavy atom. The van der Waals surface area contributed by atoms with Gasteiger partial charge in [0.05, 0.1) is 12.1 Å². The van der Waals surface area contributed by atoms with Crippen molar-refractivity contribution in [1.29, 1.82) is 0 Å². The van der Waals surface area contributed by atoms with E-state index in [0.717, 1.165) is 22.6 Å². The van der Waals surface area contributed by atoms with Crippen molar-refractivity contribution in [2.24, 2.45) is 0 Å². The van der Waals surface area contributed by atoms with Crippen LogP contribution in [0.2, 0.25) is 0 Å². The van der Waals surface area contributed by atoms with Gasteiger partial charge in [0, 0.05) is 6.20 Å². The lowest BCUT2D eigenvalue weighted by atomic mass is 10.2. The third kappa shape index (κ3) is 1.51. The fourth-order valence-corrected chi connectivity index (χ4v) is 2.20. The van der Waals surface area contributed by atoms with E-state index in [2.05, 4.69) is 4.98 Å². The molecule has 0 fully saturated rings. The number of para-hydroxylation sites is 1. The summed E-state index contributed by atoms with van der Waals surface area (Å²) in [5.74, 6) is 0.829. The van der Waals surface area contributed by atoms with Gasteiger partial charge in [0.25, 0.3) is 0 Å². The Labute approximate surface area is 99.7 Å². The van der Waals surface area contributed by atoms with Crippen LogP contribution in [0, 0.1) is 6.92 Å². The average Bonchev–Trinajstić information content (AvgIpc) is 2.66. The number of nitrogens with zero attached hydrogens (tertiary/aromatic N) is 2. The summed E-state index contributed by atoms with van der Waals surface area (Å²) < 4.78 is 0. The Morgan fingerprint density at radius 3 is 2.82 bits per heavy atom. The van der Waals surface area contributed by atoms with Crippen LogP contribution in [0.5, 0.6) is 0 Å². The van der Waals surface area contributed by atoms with Crippen LogP contribution in [-0.2, 0) is 11.2 Å². The lowest BCUT2D eigenvalue weighted by Gasteiger charge is -2.18. The quantitative estimate of drug-likeness (QED) is 0.746. The molecule has 1 aliphatic heterocycles.